The molecule has 10 rings (SSSR count). The Morgan fingerprint density at radius 3 is 1.92 bits per heavy atom. The van der Waals surface area contributed by atoms with Crippen molar-refractivity contribution in [3.8, 4) is 50.6 Å². The number of aromatic nitrogens is 3. The van der Waals surface area contributed by atoms with Gasteiger partial charge < -0.3 is 4.57 Å². The van der Waals surface area contributed by atoms with Crippen LogP contribution in [0.3, 0.4) is 0 Å². The van der Waals surface area contributed by atoms with Gasteiger partial charge >= 0.3 is 0 Å². The zero-order valence-corrected chi connectivity index (χ0v) is 28.1. The number of hydrogen-bond donors (Lipinski definition) is 0. The highest BCUT2D eigenvalue weighted by molar-refractivity contribution is 6.14. The minimum absolute atomic E-state index is 0.131. The fourth-order valence-corrected chi connectivity index (χ4v) is 8.92. The summed E-state index contributed by atoms with van der Waals surface area (Å²) in [6, 6.07) is 50.4. The van der Waals surface area contributed by atoms with Gasteiger partial charge in [-0.2, -0.15) is 0 Å². The molecular weight excluding hydrogens is 595 g/mol. The molecule has 0 saturated heterocycles. The molecule has 2 heterocycles. The van der Waals surface area contributed by atoms with Gasteiger partial charge in [0, 0.05) is 38.3 Å². The Labute approximate surface area is 286 Å². The van der Waals surface area contributed by atoms with Crippen molar-refractivity contribution < 1.29 is 0 Å². The van der Waals surface area contributed by atoms with Crippen LogP contribution in [0.15, 0.2) is 140 Å². The highest BCUT2D eigenvalue weighted by atomic mass is 15.0. The van der Waals surface area contributed by atoms with Crippen LogP contribution in [-0.2, 0) is 10.8 Å². The molecule has 8 aromatic rings. The van der Waals surface area contributed by atoms with E-state index in [2.05, 4.69) is 172 Å². The minimum Gasteiger partial charge on any atom is -0.308 e. The lowest BCUT2D eigenvalue weighted by molar-refractivity contribution is 0.636. The van der Waals surface area contributed by atoms with Crippen molar-refractivity contribution in [1.29, 1.82) is 0 Å². The van der Waals surface area contributed by atoms with Gasteiger partial charge in [-0.15, -0.1) is 0 Å². The van der Waals surface area contributed by atoms with Crippen LogP contribution in [0, 0.1) is 0 Å². The van der Waals surface area contributed by atoms with E-state index in [1.54, 1.807) is 0 Å². The normalized spacial score (nSPS) is 14.9. The van der Waals surface area contributed by atoms with Crippen molar-refractivity contribution in [2.24, 2.45) is 0 Å². The fourth-order valence-electron chi connectivity index (χ4n) is 8.92. The molecule has 0 unspecified atom stereocenters. The van der Waals surface area contributed by atoms with Crippen LogP contribution in [0.4, 0.5) is 0 Å². The summed E-state index contributed by atoms with van der Waals surface area (Å²) in [5.74, 6) is 0.744. The monoisotopic (exact) mass is 629 g/mol. The van der Waals surface area contributed by atoms with Crippen molar-refractivity contribution >= 4 is 21.8 Å². The molecule has 3 heteroatoms. The molecule has 0 bridgehead atoms. The maximum Gasteiger partial charge on any atom is 0.162 e. The standard InChI is InChI=1S/C46H35N3/c1-45(2)34-22-12-8-18-29(34)30-26-27-38-39(41(30)45)32-20-10-14-24-36(32)49(38)37-25-15-11-21-33(37)44-47-42(28-16-6-5-7-17-28)40-31-19-9-13-23-35(31)46(3,4)43(40)48-44/h5-27H,1-4H3. The van der Waals surface area contributed by atoms with E-state index in [4.69, 9.17) is 9.97 Å². The number of benzene rings is 6. The van der Waals surface area contributed by atoms with Crippen molar-refractivity contribution in [1.82, 2.24) is 14.5 Å². The zero-order valence-electron chi connectivity index (χ0n) is 28.1. The van der Waals surface area contributed by atoms with Crippen LogP contribution in [0.2, 0.25) is 0 Å². The van der Waals surface area contributed by atoms with Gasteiger partial charge in [-0.3, -0.25) is 0 Å². The average Bonchev–Trinajstić information content (AvgIpc) is 3.68. The van der Waals surface area contributed by atoms with Gasteiger partial charge in [0.25, 0.3) is 0 Å². The Bertz CT molecular complexity index is 2660. The van der Waals surface area contributed by atoms with Crippen LogP contribution in [0.1, 0.15) is 50.1 Å². The summed E-state index contributed by atoms with van der Waals surface area (Å²) in [5, 5.41) is 2.59. The smallest absolute Gasteiger partial charge is 0.162 e. The van der Waals surface area contributed by atoms with E-state index in [-0.39, 0.29) is 10.8 Å². The van der Waals surface area contributed by atoms with Gasteiger partial charge in [-0.1, -0.05) is 143 Å². The van der Waals surface area contributed by atoms with Gasteiger partial charge in [0.15, 0.2) is 5.82 Å². The van der Waals surface area contributed by atoms with Crippen molar-refractivity contribution in [3.63, 3.8) is 0 Å². The third-order valence-electron chi connectivity index (χ3n) is 11.2. The molecule has 0 radical (unpaired) electrons. The Kier molecular flexibility index (Phi) is 5.69. The van der Waals surface area contributed by atoms with E-state index in [0.717, 1.165) is 39.6 Å². The molecule has 0 fully saturated rings. The van der Waals surface area contributed by atoms with E-state index < -0.39 is 0 Å². The molecule has 2 aliphatic carbocycles. The maximum absolute atomic E-state index is 5.49. The van der Waals surface area contributed by atoms with E-state index in [9.17, 15) is 0 Å². The molecule has 0 atom stereocenters. The Morgan fingerprint density at radius 1 is 0.490 bits per heavy atom. The van der Waals surface area contributed by atoms with E-state index in [0.29, 0.717) is 0 Å². The lowest BCUT2D eigenvalue weighted by Crippen LogP contribution is -2.17. The van der Waals surface area contributed by atoms with Crippen molar-refractivity contribution in [2.45, 2.75) is 38.5 Å². The van der Waals surface area contributed by atoms with Crippen LogP contribution < -0.4 is 0 Å². The fraction of sp³-hybridized carbons (Fsp3) is 0.130. The second-order valence-electron chi connectivity index (χ2n) is 14.6. The number of hydrogen-bond acceptors (Lipinski definition) is 2. The Morgan fingerprint density at radius 2 is 1.12 bits per heavy atom. The maximum atomic E-state index is 5.49. The lowest BCUT2D eigenvalue weighted by atomic mass is 9.80. The van der Waals surface area contributed by atoms with Gasteiger partial charge in [0.2, 0.25) is 0 Å². The molecule has 0 aliphatic heterocycles. The third kappa shape index (κ3) is 3.73. The summed E-state index contributed by atoms with van der Waals surface area (Å²) in [6.45, 7) is 9.34. The van der Waals surface area contributed by atoms with Crippen LogP contribution in [0.5, 0.6) is 0 Å². The largest absolute Gasteiger partial charge is 0.308 e. The first-order chi connectivity index (χ1) is 23.9. The average molecular weight is 630 g/mol. The highest BCUT2D eigenvalue weighted by Gasteiger charge is 2.40. The van der Waals surface area contributed by atoms with Gasteiger partial charge in [-0.05, 0) is 57.6 Å². The van der Waals surface area contributed by atoms with E-state index in [1.807, 2.05) is 0 Å². The molecule has 0 N–H and O–H groups in total. The Hall–Kier alpha value is -5.80. The van der Waals surface area contributed by atoms with Gasteiger partial charge in [0.1, 0.15) is 0 Å². The topological polar surface area (TPSA) is 30.7 Å². The van der Waals surface area contributed by atoms with Crippen LogP contribution >= 0.6 is 0 Å². The second-order valence-corrected chi connectivity index (χ2v) is 14.6. The number of para-hydroxylation sites is 2. The number of fused-ring (bicyclic) bond motifs is 10. The number of rotatable bonds is 3. The first-order valence-electron chi connectivity index (χ1n) is 17.2. The summed E-state index contributed by atoms with van der Waals surface area (Å²) in [6.07, 6.45) is 0. The Balaban J connectivity index is 1.27. The molecule has 49 heavy (non-hydrogen) atoms. The predicted octanol–water partition coefficient (Wildman–Crippen LogP) is 11.5. The van der Waals surface area contributed by atoms with E-state index >= 15 is 0 Å². The van der Waals surface area contributed by atoms with E-state index in [1.165, 1.54) is 55.2 Å². The quantitative estimate of drug-likeness (QED) is 0.195. The minimum atomic E-state index is -0.268. The highest BCUT2D eigenvalue weighted by Crippen LogP contribution is 2.54. The lowest BCUT2D eigenvalue weighted by Gasteiger charge is -2.23. The summed E-state index contributed by atoms with van der Waals surface area (Å²) < 4.78 is 2.44. The zero-order chi connectivity index (χ0) is 33.1. The van der Waals surface area contributed by atoms with Crippen LogP contribution in [-0.4, -0.2) is 14.5 Å². The molecule has 2 aliphatic rings. The van der Waals surface area contributed by atoms with Crippen molar-refractivity contribution in [3.05, 3.63) is 162 Å². The molecule has 0 saturated carbocycles. The van der Waals surface area contributed by atoms with Crippen molar-refractivity contribution in [2.75, 3.05) is 0 Å². The van der Waals surface area contributed by atoms with Gasteiger partial charge in [0.05, 0.1) is 28.1 Å². The summed E-state index contributed by atoms with van der Waals surface area (Å²) in [5.41, 5.74) is 16.3. The third-order valence-corrected chi connectivity index (χ3v) is 11.2. The SMILES string of the molecule is CC1(C)c2ccccc2-c2c(-c3ccccc3)nc(-c3ccccc3-n3c4ccccc4c4c5c(ccc43)-c3ccccc3C5(C)C)nc21. The number of nitrogens with zero attached hydrogens (tertiary/aromatic N) is 3. The molecular formula is C46H35N3. The first-order valence-corrected chi connectivity index (χ1v) is 17.2. The van der Waals surface area contributed by atoms with Gasteiger partial charge in [-0.25, -0.2) is 9.97 Å². The van der Waals surface area contributed by atoms with Crippen LogP contribution in [0.25, 0.3) is 72.4 Å². The summed E-state index contributed by atoms with van der Waals surface area (Å²) in [7, 11) is 0. The molecule has 0 spiro atoms. The predicted molar refractivity (Wildman–Crippen MR) is 202 cm³/mol. The first kappa shape index (κ1) is 28.2. The molecule has 6 aromatic carbocycles. The summed E-state index contributed by atoms with van der Waals surface area (Å²) >= 11 is 0. The second kappa shape index (κ2) is 9.87. The molecule has 234 valence electrons. The molecule has 2 aromatic heterocycles. The molecule has 0 amide bonds. The molecule has 3 nitrogen and oxygen atoms in total. The summed E-state index contributed by atoms with van der Waals surface area (Å²) in [4.78, 5) is 11.0.